The first-order valence-electron chi connectivity index (χ1n) is 7.63. The molecule has 1 amide bonds. The average Bonchev–Trinajstić information content (AvgIpc) is 2.70. The number of amides is 1. The van der Waals surface area contributed by atoms with Crippen molar-refractivity contribution in [1.82, 2.24) is 5.48 Å². The number of alkyl halides is 1. The molecular weight excluding hydrogens is 344 g/mol. The lowest BCUT2D eigenvalue weighted by atomic mass is 10.1. The van der Waals surface area contributed by atoms with E-state index in [1.54, 1.807) is 18.7 Å². The number of allylic oxidation sites excluding steroid dienone is 2. The Morgan fingerprint density at radius 3 is 2.75 bits per heavy atom. The van der Waals surface area contributed by atoms with Crippen molar-refractivity contribution in [2.45, 2.75) is 32.1 Å². The second-order valence-corrected chi connectivity index (χ2v) is 6.41. The van der Waals surface area contributed by atoms with Gasteiger partial charge in [-0.3, -0.25) is 14.6 Å². The summed E-state index contributed by atoms with van der Waals surface area (Å²) >= 11 is 7.70. The van der Waals surface area contributed by atoms with E-state index in [0.717, 1.165) is 17.0 Å². The Morgan fingerprint density at radius 1 is 1.42 bits per heavy atom. The smallest absolute Gasteiger partial charge is 0.247 e. The maximum absolute atomic E-state index is 10.5. The van der Waals surface area contributed by atoms with Crippen LogP contribution < -0.4 is 5.48 Å². The molecule has 0 saturated heterocycles. The minimum absolute atomic E-state index is 0.160. The second-order valence-electron chi connectivity index (χ2n) is 4.88. The summed E-state index contributed by atoms with van der Waals surface area (Å²) in [4.78, 5) is 22.1. The van der Waals surface area contributed by atoms with Crippen LogP contribution in [-0.4, -0.2) is 24.1 Å². The van der Waals surface area contributed by atoms with Crippen molar-refractivity contribution in [2.24, 2.45) is 4.99 Å². The maximum Gasteiger partial charge on any atom is 0.247 e. The number of nitrogens with zero attached hydrogens (tertiary/aromatic N) is 1. The molecule has 4 nitrogen and oxygen atoms in total. The van der Waals surface area contributed by atoms with E-state index in [9.17, 15) is 4.79 Å². The largest absolute Gasteiger partial charge is 0.274 e. The molecule has 1 N–H and O–H groups in total. The lowest BCUT2D eigenvalue weighted by Gasteiger charge is -2.05. The molecule has 1 aromatic rings. The van der Waals surface area contributed by atoms with Crippen LogP contribution in [0, 0.1) is 0 Å². The Hall–Kier alpha value is -1.56. The fourth-order valence-electron chi connectivity index (χ4n) is 1.80. The SMILES string of the molecule is C=CCC(=O)NOCC.CC1=C(C)Sc2ccccc2C(CCl)=N1. The lowest BCUT2D eigenvalue weighted by molar-refractivity contribution is -0.132. The van der Waals surface area contributed by atoms with Crippen molar-refractivity contribution in [3.8, 4) is 0 Å². The number of benzene rings is 1. The summed E-state index contributed by atoms with van der Waals surface area (Å²) in [7, 11) is 0. The van der Waals surface area contributed by atoms with E-state index < -0.39 is 0 Å². The number of nitrogens with one attached hydrogen (secondary N) is 1. The first-order valence-corrected chi connectivity index (χ1v) is 8.98. The van der Waals surface area contributed by atoms with Crippen LogP contribution in [0.3, 0.4) is 0 Å². The highest BCUT2D eigenvalue weighted by atomic mass is 35.5. The predicted octanol–water partition coefficient (Wildman–Crippen LogP) is 4.70. The topological polar surface area (TPSA) is 50.7 Å². The number of hydrogen-bond acceptors (Lipinski definition) is 4. The van der Waals surface area contributed by atoms with Gasteiger partial charge in [0, 0.05) is 27.5 Å². The molecule has 0 spiro atoms. The summed E-state index contributed by atoms with van der Waals surface area (Å²) in [6.07, 6.45) is 1.83. The highest BCUT2D eigenvalue weighted by molar-refractivity contribution is 8.03. The number of carbonyl (C=O) groups is 1. The summed E-state index contributed by atoms with van der Waals surface area (Å²) in [6.45, 7) is 9.80. The zero-order valence-electron chi connectivity index (χ0n) is 14.3. The highest BCUT2D eigenvalue weighted by Crippen LogP contribution is 2.34. The first kappa shape index (κ1) is 20.5. The number of carbonyl (C=O) groups excluding carboxylic acids is 1. The number of aliphatic imine (C=N–C) groups is 1. The Bertz CT molecular complexity index is 642. The van der Waals surface area contributed by atoms with Crippen molar-refractivity contribution in [3.63, 3.8) is 0 Å². The van der Waals surface area contributed by atoms with Gasteiger partial charge in [-0.05, 0) is 26.8 Å². The van der Waals surface area contributed by atoms with Crippen molar-refractivity contribution in [2.75, 3.05) is 12.5 Å². The van der Waals surface area contributed by atoms with Crippen LogP contribution in [0.1, 0.15) is 32.8 Å². The number of thioether (sulfide) groups is 1. The van der Waals surface area contributed by atoms with Crippen LogP contribution in [0.25, 0.3) is 0 Å². The van der Waals surface area contributed by atoms with E-state index in [1.165, 1.54) is 15.9 Å². The Labute approximate surface area is 153 Å². The molecule has 1 heterocycles. The summed E-state index contributed by atoms with van der Waals surface area (Å²) in [6, 6.07) is 8.27. The van der Waals surface area contributed by atoms with Gasteiger partial charge >= 0.3 is 0 Å². The molecule has 0 bridgehead atoms. The quantitative estimate of drug-likeness (QED) is 0.466. The molecule has 0 aromatic heterocycles. The number of hydrogen-bond donors (Lipinski definition) is 1. The van der Waals surface area contributed by atoms with Crippen molar-refractivity contribution < 1.29 is 9.63 Å². The monoisotopic (exact) mass is 366 g/mol. The summed E-state index contributed by atoms with van der Waals surface area (Å²) < 4.78 is 0. The molecule has 24 heavy (non-hydrogen) atoms. The molecule has 2 rings (SSSR count). The van der Waals surface area contributed by atoms with Crippen molar-refractivity contribution in [1.29, 1.82) is 0 Å². The van der Waals surface area contributed by atoms with Gasteiger partial charge in [-0.2, -0.15) is 0 Å². The third-order valence-electron chi connectivity index (χ3n) is 3.06. The zero-order valence-corrected chi connectivity index (χ0v) is 15.8. The van der Waals surface area contributed by atoms with Crippen molar-refractivity contribution >= 4 is 35.0 Å². The molecule has 1 aliphatic heterocycles. The molecule has 6 heteroatoms. The van der Waals surface area contributed by atoms with Crippen LogP contribution in [0.5, 0.6) is 0 Å². The van der Waals surface area contributed by atoms with E-state index in [0.29, 0.717) is 18.9 Å². The highest BCUT2D eigenvalue weighted by Gasteiger charge is 2.14. The van der Waals surface area contributed by atoms with E-state index in [2.05, 4.69) is 40.9 Å². The van der Waals surface area contributed by atoms with Gasteiger partial charge in [-0.1, -0.05) is 36.0 Å². The standard InChI is InChI=1S/C12H12ClNS.C6H11NO2/c1-8-9(2)15-12-6-4-3-5-10(12)11(7-13)14-8;1-3-5-6(8)7-9-4-2/h3-6H,7H2,1-2H3;3H,1,4-5H2,2H3,(H,7,8). The predicted molar refractivity (Wildman–Crippen MR) is 103 cm³/mol. The Balaban J connectivity index is 0.000000277. The molecule has 0 aliphatic carbocycles. The van der Waals surface area contributed by atoms with Gasteiger partial charge in [0.1, 0.15) is 0 Å². The Morgan fingerprint density at radius 2 is 2.12 bits per heavy atom. The van der Waals surface area contributed by atoms with E-state index in [4.69, 9.17) is 11.6 Å². The maximum atomic E-state index is 10.5. The fraction of sp³-hybridized carbons (Fsp3) is 0.333. The lowest BCUT2D eigenvalue weighted by Crippen LogP contribution is -2.22. The first-order chi connectivity index (χ1) is 11.5. The minimum atomic E-state index is -0.160. The third kappa shape index (κ3) is 6.51. The van der Waals surface area contributed by atoms with E-state index in [1.807, 2.05) is 19.1 Å². The van der Waals surface area contributed by atoms with Gasteiger partial charge < -0.3 is 0 Å². The molecule has 1 aliphatic rings. The van der Waals surface area contributed by atoms with Gasteiger partial charge in [0.25, 0.3) is 0 Å². The molecule has 1 aromatic carbocycles. The van der Waals surface area contributed by atoms with E-state index in [-0.39, 0.29) is 5.91 Å². The van der Waals surface area contributed by atoms with Gasteiger partial charge in [0.15, 0.2) is 0 Å². The van der Waals surface area contributed by atoms with Gasteiger partial charge in [-0.15, -0.1) is 18.2 Å². The van der Waals surface area contributed by atoms with Crippen LogP contribution in [-0.2, 0) is 9.63 Å². The molecule has 130 valence electrons. The van der Waals surface area contributed by atoms with Gasteiger partial charge in [0.2, 0.25) is 5.91 Å². The van der Waals surface area contributed by atoms with Crippen LogP contribution in [0.15, 0.2) is 57.4 Å². The summed E-state index contributed by atoms with van der Waals surface area (Å²) in [5, 5.41) is 0. The number of halogens is 1. The molecule has 0 atom stereocenters. The average molecular weight is 367 g/mol. The molecule has 0 fully saturated rings. The second kappa shape index (κ2) is 11.1. The molecule has 0 radical (unpaired) electrons. The summed E-state index contributed by atoms with van der Waals surface area (Å²) in [5.74, 6) is 0.300. The van der Waals surface area contributed by atoms with Crippen LogP contribution >= 0.6 is 23.4 Å². The van der Waals surface area contributed by atoms with Gasteiger partial charge in [-0.25, -0.2) is 5.48 Å². The summed E-state index contributed by atoms with van der Waals surface area (Å²) in [5.41, 5.74) is 5.41. The number of fused-ring (bicyclic) bond motifs is 1. The fourth-order valence-corrected chi connectivity index (χ4v) is 2.97. The normalized spacial score (nSPS) is 13.1. The molecule has 0 saturated carbocycles. The number of hydroxylamine groups is 1. The van der Waals surface area contributed by atoms with Crippen molar-refractivity contribution in [3.05, 3.63) is 53.1 Å². The number of rotatable bonds is 5. The molecule has 0 unspecified atom stereocenters. The van der Waals surface area contributed by atoms with Crippen LogP contribution in [0.2, 0.25) is 0 Å². The minimum Gasteiger partial charge on any atom is -0.274 e. The van der Waals surface area contributed by atoms with E-state index >= 15 is 0 Å². The zero-order chi connectivity index (χ0) is 17.9. The third-order valence-corrected chi connectivity index (χ3v) is 4.49. The Kier molecular flexibility index (Phi) is 9.45. The van der Waals surface area contributed by atoms with Crippen LogP contribution in [0.4, 0.5) is 0 Å². The van der Waals surface area contributed by atoms with Gasteiger partial charge in [0.05, 0.1) is 18.2 Å². The molecular formula is C18H23ClN2O2S.